The lowest BCUT2D eigenvalue weighted by Crippen LogP contribution is -2.43. The van der Waals surface area contributed by atoms with Gasteiger partial charge in [0.1, 0.15) is 11.9 Å². The molecule has 3 aliphatic heterocycles. The van der Waals surface area contributed by atoms with E-state index in [-0.39, 0.29) is 29.1 Å². The number of rotatable bonds is 10. The highest BCUT2D eigenvalue weighted by atomic mass is 16.5. The first-order valence-electron chi connectivity index (χ1n) is 16.8. The average molecular weight is 606 g/mol. The van der Waals surface area contributed by atoms with Gasteiger partial charge < -0.3 is 24.6 Å². The second-order valence-corrected chi connectivity index (χ2v) is 14.3. The molecule has 1 aromatic carbocycles. The summed E-state index contributed by atoms with van der Waals surface area (Å²) in [5.41, 5.74) is 5.30. The van der Waals surface area contributed by atoms with Gasteiger partial charge >= 0.3 is 5.97 Å². The SMILES string of the molecule is C[C@@H]1COC2(CCOCC2)c2cccc([C@H](C(=O)O)N(C)[C@@H]3C[C@@H](OCCCCc4ccc5c(n4)NCCC5)C(C)(C)C3)c21. The molecule has 4 heterocycles. The molecule has 0 radical (unpaired) electrons. The maximum absolute atomic E-state index is 13.0. The molecule has 8 nitrogen and oxygen atoms in total. The van der Waals surface area contributed by atoms with Crippen LogP contribution in [0.1, 0.15) is 106 Å². The minimum Gasteiger partial charge on any atom is -0.480 e. The molecular formula is C36H51N3O5. The van der Waals surface area contributed by atoms with Gasteiger partial charge in [-0.3, -0.25) is 9.69 Å². The Kier molecular flexibility index (Phi) is 9.35. The minimum absolute atomic E-state index is 0.0307. The monoisotopic (exact) mass is 605 g/mol. The molecule has 2 N–H and O–H groups in total. The smallest absolute Gasteiger partial charge is 0.325 e. The lowest BCUT2D eigenvalue weighted by atomic mass is 9.75. The number of aromatic nitrogens is 1. The van der Waals surface area contributed by atoms with Gasteiger partial charge in [-0.25, -0.2) is 4.98 Å². The number of anilines is 1. The van der Waals surface area contributed by atoms with Crippen LogP contribution < -0.4 is 5.32 Å². The molecule has 2 aromatic rings. The topological polar surface area (TPSA) is 93.2 Å². The van der Waals surface area contributed by atoms with E-state index in [1.54, 1.807) is 0 Å². The first-order valence-corrected chi connectivity index (χ1v) is 16.8. The van der Waals surface area contributed by atoms with E-state index >= 15 is 0 Å². The predicted octanol–water partition coefficient (Wildman–Crippen LogP) is 6.23. The van der Waals surface area contributed by atoms with Crippen LogP contribution in [0.25, 0.3) is 0 Å². The van der Waals surface area contributed by atoms with Gasteiger partial charge in [0, 0.05) is 56.9 Å². The van der Waals surface area contributed by atoms with E-state index in [2.05, 4.69) is 49.2 Å². The Hall–Kier alpha value is -2.52. The zero-order valence-electron chi connectivity index (χ0n) is 27.1. The van der Waals surface area contributed by atoms with Crippen LogP contribution in [0.4, 0.5) is 5.82 Å². The maximum Gasteiger partial charge on any atom is 0.325 e. The molecule has 4 atom stereocenters. The molecule has 240 valence electrons. The second kappa shape index (κ2) is 13.1. The Labute approximate surface area is 262 Å². The molecule has 44 heavy (non-hydrogen) atoms. The van der Waals surface area contributed by atoms with Crippen molar-refractivity contribution < 1.29 is 24.1 Å². The van der Waals surface area contributed by atoms with E-state index in [0.717, 1.165) is 86.1 Å². The van der Waals surface area contributed by atoms with Crippen LogP contribution in [0.15, 0.2) is 30.3 Å². The molecule has 1 spiro atoms. The number of pyridine rings is 1. The number of likely N-dealkylation sites (N-methyl/N-ethyl adjacent to an activating group) is 1. The summed E-state index contributed by atoms with van der Waals surface area (Å²) in [5, 5.41) is 14.1. The van der Waals surface area contributed by atoms with Crippen molar-refractivity contribution >= 4 is 11.8 Å². The fourth-order valence-corrected chi connectivity index (χ4v) is 8.20. The molecule has 6 rings (SSSR count). The summed E-state index contributed by atoms with van der Waals surface area (Å²) < 4.78 is 18.7. The van der Waals surface area contributed by atoms with E-state index < -0.39 is 12.0 Å². The number of aliphatic carboxylic acids is 1. The summed E-state index contributed by atoms with van der Waals surface area (Å²) in [6, 6.07) is 10.0. The lowest BCUT2D eigenvalue weighted by Gasteiger charge is -2.45. The molecule has 4 aliphatic rings. The first kappa shape index (κ1) is 31.5. The van der Waals surface area contributed by atoms with Crippen LogP contribution in [0, 0.1) is 5.41 Å². The van der Waals surface area contributed by atoms with Crippen LogP contribution in [0.2, 0.25) is 0 Å². The van der Waals surface area contributed by atoms with Gasteiger partial charge in [0.25, 0.3) is 0 Å². The van der Waals surface area contributed by atoms with Gasteiger partial charge in [0.2, 0.25) is 0 Å². The fourth-order valence-electron chi connectivity index (χ4n) is 8.20. The highest BCUT2D eigenvalue weighted by molar-refractivity contribution is 5.76. The molecule has 2 fully saturated rings. The van der Waals surface area contributed by atoms with Crippen LogP contribution >= 0.6 is 0 Å². The number of hydrogen-bond donors (Lipinski definition) is 2. The van der Waals surface area contributed by atoms with Crippen molar-refractivity contribution in [2.24, 2.45) is 5.41 Å². The van der Waals surface area contributed by atoms with E-state index in [9.17, 15) is 9.90 Å². The van der Waals surface area contributed by atoms with E-state index in [4.69, 9.17) is 19.2 Å². The van der Waals surface area contributed by atoms with Crippen molar-refractivity contribution in [1.82, 2.24) is 9.88 Å². The zero-order valence-corrected chi connectivity index (χ0v) is 27.1. The van der Waals surface area contributed by atoms with Gasteiger partial charge in [0.05, 0.1) is 18.3 Å². The molecule has 8 heteroatoms. The Morgan fingerprint density at radius 1 is 1.20 bits per heavy atom. The number of carboxylic acids is 1. The number of fused-ring (bicyclic) bond motifs is 3. The Morgan fingerprint density at radius 3 is 2.82 bits per heavy atom. The third-order valence-electron chi connectivity index (χ3n) is 10.8. The summed E-state index contributed by atoms with van der Waals surface area (Å²) in [7, 11) is 2.00. The van der Waals surface area contributed by atoms with Crippen LogP contribution in [-0.2, 0) is 37.4 Å². The molecule has 1 aromatic heterocycles. The largest absolute Gasteiger partial charge is 0.480 e. The van der Waals surface area contributed by atoms with E-state index in [0.29, 0.717) is 26.4 Å². The van der Waals surface area contributed by atoms with Crippen LogP contribution in [-0.4, -0.2) is 73.1 Å². The number of carbonyl (C=O) groups is 1. The quantitative estimate of drug-likeness (QED) is 0.308. The Bertz CT molecular complexity index is 1320. The second-order valence-electron chi connectivity index (χ2n) is 14.3. The molecular weight excluding hydrogens is 554 g/mol. The van der Waals surface area contributed by atoms with Crippen LogP contribution in [0.5, 0.6) is 0 Å². The van der Waals surface area contributed by atoms with Crippen molar-refractivity contribution in [3.8, 4) is 0 Å². The molecule has 1 aliphatic carbocycles. The summed E-state index contributed by atoms with van der Waals surface area (Å²) in [5.74, 6) is 0.400. The molecule has 0 unspecified atom stereocenters. The normalized spacial score (nSPS) is 26.2. The van der Waals surface area contributed by atoms with Gasteiger partial charge in [-0.1, -0.05) is 45.0 Å². The van der Waals surface area contributed by atoms with Gasteiger partial charge in [0.15, 0.2) is 0 Å². The van der Waals surface area contributed by atoms with Crippen molar-refractivity contribution in [3.63, 3.8) is 0 Å². The van der Waals surface area contributed by atoms with Gasteiger partial charge in [-0.05, 0) is 85.7 Å². The zero-order chi connectivity index (χ0) is 30.9. The van der Waals surface area contributed by atoms with Crippen molar-refractivity contribution in [1.29, 1.82) is 0 Å². The predicted molar refractivity (Wildman–Crippen MR) is 171 cm³/mol. The standard InChI is InChI=1S/C36H51N3O5/c1-24-23-44-36(15-19-42-20-16-36)29-12-7-11-28(31(24)29)32(34(40)41)39(4)27-21-30(35(2,3)22-27)43-18-6-5-10-26-14-13-25-9-8-17-37-33(25)38-26/h7,11-14,24,27,30,32H,5-6,8-10,15-23H2,1-4H3,(H,37,38)(H,40,41)/t24-,27-,30-,32-/m1/s1. The number of unbranched alkanes of at least 4 members (excludes halogenated alkanes) is 1. The Morgan fingerprint density at radius 2 is 2.02 bits per heavy atom. The number of nitrogens with one attached hydrogen (secondary N) is 1. The fraction of sp³-hybridized carbons (Fsp3) is 0.667. The van der Waals surface area contributed by atoms with Crippen molar-refractivity contribution in [2.45, 2.75) is 108 Å². The highest BCUT2D eigenvalue weighted by Gasteiger charge is 2.47. The third-order valence-corrected chi connectivity index (χ3v) is 10.8. The number of carboxylic acid groups (broad SMARTS) is 1. The van der Waals surface area contributed by atoms with Crippen molar-refractivity contribution in [2.75, 3.05) is 45.3 Å². The van der Waals surface area contributed by atoms with E-state index in [1.165, 1.54) is 12.0 Å². The molecule has 0 amide bonds. The minimum atomic E-state index is -0.797. The lowest BCUT2D eigenvalue weighted by molar-refractivity contribution is -0.144. The molecule has 0 bridgehead atoms. The van der Waals surface area contributed by atoms with Gasteiger partial charge in [-0.2, -0.15) is 0 Å². The number of benzene rings is 1. The number of ether oxygens (including phenoxy) is 3. The summed E-state index contributed by atoms with van der Waals surface area (Å²) in [4.78, 5) is 20.0. The summed E-state index contributed by atoms with van der Waals surface area (Å²) >= 11 is 0. The van der Waals surface area contributed by atoms with Crippen molar-refractivity contribution in [3.05, 3.63) is 58.3 Å². The number of aryl methyl sites for hydroxylation is 2. The Balaban J connectivity index is 1.10. The first-order chi connectivity index (χ1) is 21.2. The maximum atomic E-state index is 13.0. The van der Waals surface area contributed by atoms with E-state index in [1.807, 2.05) is 19.2 Å². The third kappa shape index (κ3) is 6.28. The number of nitrogens with zero attached hydrogens (tertiary/aromatic N) is 2. The van der Waals surface area contributed by atoms with Gasteiger partial charge in [-0.15, -0.1) is 0 Å². The average Bonchev–Trinajstić information content (AvgIpc) is 3.33. The summed E-state index contributed by atoms with van der Waals surface area (Å²) in [6.45, 7) is 10.4. The highest BCUT2D eigenvalue weighted by Crippen LogP contribution is 2.48. The molecule has 1 saturated heterocycles. The number of hydrogen-bond acceptors (Lipinski definition) is 7. The van der Waals surface area contributed by atoms with Crippen LogP contribution in [0.3, 0.4) is 0 Å². The molecule has 1 saturated carbocycles. The summed E-state index contributed by atoms with van der Waals surface area (Å²) in [6.07, 6.45) is 8.71.